The van der Waals surface area contributed by atoms with Crippen molar-refractivity contribution in [2.45, 2.75) is 0 Å². The standard InChI is InChI=1S/Al.Ga.In.H3OP.7H/c;;;1-2;;;;;;;/h;;;1H,2H2;;;;;;;. The Bertz CT molecular complexity index is 11.6. The van der Waals surface area contributed by atoms with Crippen LogP contribution in [0, 0.1) is 0 Å². The number of hydrogen-bond acceptors (Lipinski definition) is 1. The zero-order valence-corrected chi connectivity index (χ0v) is 14.1. The van der Waals surface area contributed by atoms with Crippen LogP contribution in [0.2, 0.25) is 0 Å². The molecule has 0 aliphatic carbocycles. The molecule has 1 N–H and O–H groups in total. The molecule has 0 aromatic carbocycles. The van der Waals surface area contributed by atoms with E-state index in [0.29, 0.717) is 0 Å². The van der Waals surface area contributed by atoms with Crippen LogP contribution >= 0.6 is 9.47 Å². The third kappa shape index (κ3) is 21.4. The van der Waals surface area contributed by atoms with Gasteiger partial charge in [-0.05, 0) is 9.47 Å². The summed E-state index contributed by atoms with van der Waals surface area (Å²) in [5.41, 5.74) is 0. The molecule has 0 aromatic rings. The maximum absolute atomic E-state index is 6.92. The molecule has 0 rings (SSSR count). The van der Waals surface area contributed by atoms with E-state index < -0.39 is 0 Å². The van der Waals surface area contributed by atoms with Gasteiger partial charge in [-0.25, -0.2) is 0 Å². The molecule has 0 amide bonds. The van der Waals surface area contributed by atoms with Crippen molar-refractivity contribution in [1.29, 1.82) is 0 Å². The second kappa shape index (κ2) is 32.1. The molecule has 0 heterocycles. The molecule has 0 spiro atoms. The first-order valence-corrected chi connectivity index (χ1v) is 0.775. The van der Waals surface area contributed by atoms with Crippen molar-refractivity contribution < 1.29 is 4.89 Å². The number of hydrogen-bond donors (Lipinski definition) is 1. The van der Waals surface area contributed by atoms with Crippen LogP contribution in [0.5, 0.6) is 0 Å². The fourth-order valence-electron chi connectivity index (χ4n) is 0. The van der Waals surface area contributed by atoms with Gasteiger partial charge < -0.3 is 4.89 Å². The molecule has 0 aliphatic heterocycles. The fraction of sp³-hybridized carbons (Fsp3) is 0. The summed E-state index contributed by atoms with van der Waals surface area (Å²) in [4.78, 5) is 6.92. The first-order valence-electron chi connectivity index (χ1n) is 0.258. The van der Waals surface area contributed by atoms with Crippen LogP contribution in [0.15, 0.2) is 0 Å². The van der Waals surface area contributed by atoms with E-state index in [4.69, 9.17) is 4.89 Å². The van der Waals surface area contributed by atoms with E-state index in [1.165, 1.54) is 9.47 Å². The second-order valence-electron chi connectivity index (χ2n) is 0. The molecule has 1 nitrogen and oxygen atoms in total. The number of rotatable bonds is 0. The monoisotopic (exact) mass is 268 g/mol. The summed E-state index contributed by atoms with van der Waals surface area (Å²) in [5, 5.41) is 0. The van der Waals surface area contributed by atoms with Gasteiger partial charge in [0.05, 0.1) is 0 Å². The van der Waals surface area contributed by atoms with Crippen molar-refractivity contribution in [3.63, 3.8) is 0 Å². The zero-order chi connectivity index (χ0) is 2.00. The molecule has 5 heavy (non-hydrogen) atoms. The van der Waals surface area contributed by atoms with E-state index in [0.717, 1.165) is 0 Å². The van der Waals surface area contributed by atoms with Gasteiger partial charge in [-0.1, -0.05) is 0 Å². The molecular formula is H10AlGaInOP. The summed E-state index contributed by atoms with van der Waals surface area (Å²) in [7, 11) is 1.42. The molecule has 1 unspecified atom stereocenters. The Kier molecular flexibility index (Phi) is 168. The van der Waals surface area contributed by atoms with Gasteiger partial charge in [0, 0.05) is 0 Å². The molecular weight excluding hydrogens is 258 g/mol. The normalized spacial score (nSPS) is 1.20. The van der Waals surface area contributed by atoms with Gasteiger partial charge in [0.2, 0.25) is 0 Å². The SMILES string of the molecule is OP.[AlH3].[GaH2].[InH2]. The van der Waals surface area contributed by atoms with Crippen LogP contribution in [-0.2, 0) is 0 Å². The average molecular weight is 269 g/mol. The summed E-state index contributed by atoms with van der Waals surface area (Å²) >= 11 is 0. The van der Waals surface area contributed by atoms with E-state index in [2.05, 4.69) is 0 Å². The predicted octanol–water partition coefficient (Wildman–Crippen LogP) is -3.25. The average Bonchev–Trinajstić information content (AvgIpc) is 1.00. The predicted molar refractivity (Wildman–Crippen MR) is 39.0 cm³/mol. The van der Waals surface area contributed by atoms with Gasteiger partial charge in [0.25, 0.3) is 0 Å². The zero-order valence-electron chi connectivity index (χ0n) is 3.02. The quantitative estimate of drug-likeness (QED) is 0.362. The van der Waals surface area contributed by atoms with Crippen LogP contribution in [0.1, 0.15) is 0 Å². The van der Waals surface area contributed by atoms with Crippen molar-refractivity contribution in [2.24, 2.45) is 0 Å². The molecule has 0 bridgehead atoms. The van der Waals surface area contributed by atoms with Crippen molar-refractivity contribution in [3.05, 3.63) is 0 Å². The van der Waals surface area contributed by atoms with Crippen LogP contribution in [0.3, 0.4) is 0 Å². The Labute approximate surface area is 76.5 Å². The van der Waals surface area contributed by atoms with E-state index in [-0.39, 0.29) is 63.0 Å². The molecule has 2 radical (unpaired) electrons. The van der Waals surface area contributed by atoms with E-state index in [1.807, 2.05) is 0 Å². The molecule has 0 aliphatic rings. The molecule has 0 saturated heterocycles. The minimum absolute atomic E-state index is 0. The fourth-order valence-corrected chi connectivity index (χ4v) is 0. The summed E-state index contributed by atoms with van der Waals surface area (Å²) < 4.78 is 0. The van der Waals surface area contributed by atoms with Gasteiger partial charge >= 0.3 is 45.6 Å². The third-order valence-corrected chi connectivity index (χ3v) is 0. The Morgan fingerprint density at radius 2 is 1.20 bits per heavy atom. The molecule has 30 valence electrons. The van der Waals surface area contributed by atoms with Crippen molar-refractivity contribution in [3.8, 4) is 0 Å². The summed E-state index contributed by atoms with van der Waals surface area (Å²) in [5.74, 6) is 0. The first-order chi connectivity index (χ1) is 1.00. The Morgan fingerprint density at radius 3 is 1.20 bits per heavy atom. The van der Waals surface area contributed by atoms with Gasteiger partial charge in [-0.2, -0.15) is 0 Å². The van der Waals surface area contributed by atoms with Crippen LogP contribution in [0.25, 0.3) is 0 Å². The summed E-state index contributed by atoms with van der Waals surface area (Å²) in [6.45, 7) is 0. The Hall–Kier alpha value is 2.43. The molecule has 1 atom stereocenters. The molecule has 0 fully saturated rings. The minimum atomic E-state index is 0. The van der Waals surface area contributed by atoms with Gasteiger partial charge in [0.1, 0.15) is 0 Å². The molecule has 0 saturated carbocycles. The van der Waals surface area contributed by atoms with Crippen LogP contribution in [-0.4, -0.2) is 67.9 Å². The second-order valence-corrected chi connectivity index (χ2v) is 0. The van der Waals surface area contributed by atoms with Crippen LogP contribution in [0.4, 0.5) is 0 Å². The van der Waals surface area contributed by atoms with E-state index >= 15 is 0 Å². The molecule has 5 heteroatoms. The van der Waals surface area contributed by atoms with Crippen LogP contribution < -0.4 is 0 Å². The maximum atomic E-state index is 6.92. The van der Waals surface area contributed by atoms with Gasteiger partial charge in [-0.3, -0.25) is 0 Å². The van der Waals surface area contributed by atoms with E-state index in [9.17, 15) is 0 Å². The van der Waals surface area contributed by atoms with Crippen molar-refractivity contribution in [2.75, 3.05) is 0 Å². The topological polar surface area (TPSA) is 20.2 Å². The first kappa shape index (κ1) is 26.1. The Morgan fingerprint density at radius 1 is 1.20 bits per heavy atom. The summed E-state index contributed by atoms with van der Waals surface area (Å²) in [6, 6.07) is 0. The van der Waals surface area contributed by atoms with Crippen molar-refractivity contribution >= 4 is 72.5 Å². The Balaban J connectivity index is -0.00000000167. The van der Waals surface area contributed by atoms with E-state index in [1.54, 1.807) is 0 Å². The molecule has 0 aromatic heterocycles. The summed E-state index contributed by atoms with van der Waals surface area (Å²) in [6.07, 6.45) is 0. The van der Waals surface area contributed by atoms with Gasteiger partial charge in [-0.15, -0.1) is 0 Å². The van der Waals surface area contributed by atoms with Crippen molar-refractivity contribution in [1.82, 2.24) is 0 Å². The van der Waals surface area contributed by atoms with Gasteiger partial charge in [0.15, 0.2) is 17.4 Å². The third-order valence-electron chi connectivity index (χ3n) is 0.